The third-order valence-electron chi connectivity index (χ3n) is 6.52. The summed E-state index contributed by atoms with van der Waals surface area (Å²) in [5.74, 6) is 3.91. The molecule has 3 heteroatoms. The summed E-state index contributed by atoms with van der Waals surface area (Å²) in [5, 5.41) is 0.353. The molecule has 1 aliphatic carbocycles. The zero-order chi connectivity index (χ0) is 21.8. The van der Waals surface area contributed by atoms with E-state index in [-0.39, 0.29) is 5.39 Å². The predicted octanol–water partition coefficient (Wildman–Crippen LogP) is 8.12. The Morgan fingerprint density at radius 2 is 1.48 bits per heavy atom. The maximum Gasteiger partial charge on any atom is 0.195 e. The normalized spacial score (nSPS) is 18.6. The molecule has 3 aromatic rings. The van der Waals surface area contributed by atoms with E-state index in [1.54, 1.807) is 12.1 Å². The zero-order valence-corrected chi connectivity index (χ0v) is 17.9. The van der Waals surface area contributed by atoms with Crippen molar-refractivity contribution in [2.45, 2.75) is 57.8 Å². The van der Waals surface area contributed by atoms with Crippen molar-refractivity contribution in [1.82, 2.24) is 0 Å². The zero-order valence-electron chi connectivity index (χ0n) is 17.9. The summed E-state index contributed by atoms with van der Waals surface area (Å²) in [5.41, 5.74) is 2.92. The number of hydrogen-bond acceptors (Lipinski definition) is 0. The summed E-state index contributed by atoms with van der Waals surface area (Å²) in [7, 11) is 0. The second-order valence-corrected chi connectivity index (χ2v) is 8.65. The highest BCUT2D eigenvalue weighted by Crippen LogP contribution is 2.37. The number of benzene rings is 3. The molecule has 0 saturated heterocycles. The smallest absolute Gasteiger partial charge is 0.195 e. The fourth-order valence-corrected chi connectivity index (χ4v) is 4.64. The van der Waals surface area contributed by atoms with Gasteiger partial charge in [-0.2, -0.15) is 0 Å². The number of fused-ring (bicyclic) bond motifs is 1. The molecule has 0 amide bonds. The van der Waals surface area contributed by atoms with Gasteiger partial charge in [-0.15, -0.1) is 0 Å². The standard InChI is InChI=1S/C28H27F3/c1-2-3-4-19-7-12-22(13-8-19)23-14-9-20(10-15-23)5-6-21-11-16-25-24(17-21)18-26(29)28(31)27(25)30/h9-11,14-19,22H,2-4,7-8,12-13H2,1H3. The Balaban J connectivity index is 1.44. The topological polar surface area (TPSA) is 0 Å². The Hall–Kier alpha value is -2.73. The Labute approximate surface area is 182 Å². The molecule has 4 rings (SSSR count). The van der Waals surface area contributed by atoms with Crippen LogP contribution in [0.2, 0.25) is 0 Å². The molecular weight excluding hydrogens is 393 g/mol. The lowest BCUT2D eigenvalue weighted by Crippen LogP contribution is -2.13. The van der Waals surface area contributed by atoms with E-state index in [1.807, 2.05) is 12.1 Å². The molecule has 31 heavy (non-hydrogen) atoms. The summed E-state index contributed by atoms with van der Waals surface area (Å²) in [6.45, 7) is 2.26. The van der Waals surface area contributed by atoms with Gasteiger partial charge < -0.3 is 0 Å². The molecule has 0 N–H and O–H groups in total. The van der Waals surface area contributed by atoms with Crippen LogP contribution in [0.4, 0.5) is 13.2 Å². The lowest BCUT2D eigenvalue weighted by molar-refractivity contribution is 0.304. The van der Waals surface area contributed by atoms with Crippen LogP contribution in [0.5, 0.6) is 0 Å². The van der Waals surface area contributed by atoms with Gasteiger partial charge in [0.15, 0.2) is 17.5 Å². The number of hydrogen-bond donors (Lipinski definition) is 0. The predicted molar refractivity (Wildman–Crippen MR) is 120 cm³/mol. The Bertz CT molecular complexity index is 1110. The highest BCUT2D eigenvalue weighted by molar-refractivity contribution is 5.84. The lowest BCUT2D eigenvalue weighted by atomic mass is 9.77. The quantitative estimate of drug-likeness (QED) is 0.295. The monoisotopic (exact) mass is 420 g/mol. The van der Waals surface area contributed by atoms with Gasteiger partial charge in [0.05, 0.1) is 0 Å². The van der Waals surface area contributed by atoms with Crippen LogP contribution in [0, 0.1) is 35.2 Å². The first-order valence-corrected chi connectivity index (χ1v) is 11.2. The third kappa shape index (κ3) is 4.96. The molecule has 0 atom stereocenters. The molecule has 1 saturated carbocycles. The van der Waals surface area contributed by atoms with Gasteiger partial charge in [-0.1, -0.05) is 56.2 Å². The van der Waals surface area contributed by atoms with Crippen molar-refractivity contribution >= 4 is 10.8 Å². The van der Waals surface area contributed by atoms with E-state index in [1.165, 1.54) is 56.6 Å². The molecule has 0 aromatic heterocycles. The molecule has 0 radical (unpaired) electrons. The third-order valence-corrected chi connectivity index (χ3v) is 6.52. The summed E-state index contributed by atoms with van der Waals surface area (Å²) < 4.78 is 40.8. The van der Waals surface area contributed by atoms with Crippen LogP contribution in [0.1, 0.15) is 74.5 Å². The van der Waals surface area contributed by atoms with Crippen LogP contribution in [-0.4, -0.2) is 0 Å². The van der Waals surface area contributed by atoms with E-state index < -0.39 is 17.5 Å². The van der Waals surface area contributed by atoms with Gasteiger partial charge in [0.1, 0.15) is 0 Å². The first-order chi connectivity index (χ1) is 15.0. The highest BCUT2D eigenvalue weighted by atomic mass is 19.2. The molecule has 1 aliphatic rings. The van der Waals surface area contributed by atoms with Gasteiger partial charge in [0.2, 0.25) is 0 Å². The summed E-state index contributed by atoms with van der Waals surface area (Å²) in [6, 6.07) is 14.1. The molecule has 1 fully saturated rings. The van der Waals surface area contributed by atoms with E-state index >= 15 is 0 Å². The largest absolute Gasteiger partial charge is 0.204 e. The molecule has 0 bridgehead atoms. The summed E-state index contributed by atoms with van der Waals surface area (Å²) >= 11 is 0. The van der Waals surface area contributed by atoms with E-state index in [0.29, 0.717) is 16.9 Å². The van der Waals surface area contributed by atoms with E-state index in [9.17, 15) is 13.2 Å². The van der Waals surface area contributed by atoms with Crippen molar-refractivity contribution in [2.75, 3.05) is 0 Å². The van der Waals surface area contributed by atoms with Crippen molar-refractivity contribution in [3.8, 4) is 11.8 Å². The van der Waals surface area contributed by atoms with Crippen LogP contribution < -0.4 is 0 Å². The summed E-state index contributed by atoms with van der Waals surface area (Å²) in [6.07, 6.45) is 9.21. The first kappa shape index (κ1) is 21.5. The van der Waals surface area contributed by atoms with Crippen LogP contribution in [0.3, 0.4) is 0 Å². The fourth-order valence-electron chi connectivity index (χ4n) is 4.64. The Kier molecular flexibility index (Phi) is 6.66. The molecule has 0 unspecified atom stereocenters. The first-order valence-electron chi connectivity index (χ1n) is 11.2. The number of unbranched alkanes of at least 4 members (excludes halogenated alkanes) is 1. The Morgan fingerprint density at radius 1 is 0.806 bits per heavy atom. The van der Waals surface area contributed by atoms with Gasteiger partial charge in [-0.25, -0.2) is 13.2 Å². The minimum atomic E-state index is -1.44. The van der Waals surface area contributed by atoms with Crippen molar-refractivity contribution < 1.29 is 13.2 Å². The van der Waals surface area contributed by atoms with Crippen LogP contribution in [-0.2, 0) is 0 Å². The van der Waals surface area contributed by atoms with Crippen molar-refractivity contribution in [3.63, 3.8) is 0 Å². The van der Waals surface area contributed by atoms with Gasteiger partial charge in [-0.3, -0.25) is 0 Å². The highest BCUT2D eigenvalue weighted by Gasteiger charge is 2.21. The molecule has 0 aliphatic heterocycles. The molecule has 0 spiro atoms. The SMILES string of the molecule is CCCCC1CCC(c2ccc(C#Cc3ccc4c(F)c(F)c(F)cc4c3)cc2)CC1. The van der Waals surface area contributed by atoms with Gasteiger partial charge >= 0.3 is 0 Å². The van der Waals surface area contributed by atoms with Crippen LogP contribution in [0.25, 0.3) is 10.8 Å². The van der Waals surface area contributed by atoms with Crippen LogP contribution >= 0.6 is 0 Å². The second kappa shape index (κ2) is 9.60. The van der Waals surface area contributed by atoms with E-state index in [4.69, 9.17) is 0 Å². The Morgan fingerprint density at radius 3 is 2.19 bits per heavy atom. The van der Waals surface area contributed by atoms with Crippen molar-refractivity contribution in [1.29, 1.82) is 0 Å². The lowest BCUT2D eigenvalue weighted by Gasteiger charge is -2.28. The van der Waals surface area contributed by atoms with Crippen molar-refractivity contribution in [2.24, 2.45) is 5.92 Å². The van der Waals surface area contributed by atoms with Crippen LogP contribution in [0.15, 0.2) is 48.5 Å². The van der Waals surface area contributed by atoms with E-state index in [2.05, 4.69) is 30.9 Å². The molecule has 0 nitrogen and oxygen atoms in total. The maximum atomic E-state index is 13.9. The minimum absolute atomic E-state index is 0.0539. The van der Waals surface area contributed by atoms with E-state index in [0.717, 1.165) is 17.5 Å². The van der Waals surface area contributed by atoms with Gasteiger partial charge in [0, 0.05) is 16.5 Å². The maximum absolute atomic E-state index is 13.9. The van der Waals surface area contributed by atoms with Crippen molar-refractivity contribution in [3.05, 3.63) is 82.7 Å². The average Bonchev–Trinajstić information content (AvgIpc) is 2.80. The molecule has 3 aromatic carbocycles. The molecule has 160 valence electrons. The number of halogens is 3. The molecular formula is C28H27F3. The van der Waals surface area contributed by atoms with Gasteiger partial charge in [-0.05, 0) is 78.8 Å². The number of rotatable bonds is 4. The summed E-state index contributed by atoms with van der Waals surface area (Å²) in [4.78, 5) is 0. The minimum Gasteiger partial charge on any atom is -0.204 e. The average molecular weight is 421 g/mol. The second-order valence-electron chi connectivity index (χ2n) is 8.65. The van der Waals surface area contributed by atoms with Gasteiger partial charge in [0.25, 0.3) is 0 Å². The fraction of sp³-hybridized carbons (Fsp3) is 0.357. The molecule has 0 heterocycles.